The van der Waals surface area contributed by atoms with Gasteiger partial charge < -0.3 is 10.8 Å². The zero-order chi connectivity index (χ0) is 10.9. The van der Waals surface area contributed by atoms with Gasteiger partial charge in [-0.3, -0.25) is 0 Å². The summed E-state index contributed by atoms with van der Waals surface area (Å²) in [7, 11) is 0. The van der Waals surface area contributed by atoms with Gasteiger partial charge in [-0.15, -0.1) is 0 Å². The van der Waals surface area contributed by atoms with Crippen LogP contribution in [0.25, 0.3) is 0 Å². The topological polar surface area (TPSA) is 46.2 Å². The van der Waals surface area contributed by atoms with Crippen molar-refractivity contribution in [3.05, 3.63) is 28.3 Å². The summed E-state index contributed by atoms with van der Waals surface area (Å²) in [5, 5.41) is 9.84. The molecule has 0 amide bonds. The van der Waals surface area contributed by atoms with E-state index < -0.39 is 0 Å². The lowest BCUT2D eigenvalue weighted by Crippen LogP contribution is -2.34. The maximum atomic E-state index is 9.45. The Hall–Kier alpha value is -0.730. The van der Waals surface area contributed by atoms with Crippen molar-refractivity contribution in [2.24, 2.45) is 5.73 Å². The molecule has 0 spiro atoms. The summed E-state index contributed by atoms with van der Waals surface area (Å²) < 4.78 is 0. The van der Waals surface area contributed by atoms with Crippen LogP contribution in [0.1, 0.15) is 25.0 Å². The normalized spacial score (nSPS) is 11.8. The lowest BCUT2D eigenvalue weighted by Gasteiger charge is -2.20. The summed E-state index contributed by atoms with van der Waals surface area (Å²) in [6.07, 6.45) is 0.726. The van der Waals surface area contributed by atoms with Crippen LogP contribution in [0, 0.1) is 6.92 Å². The van der Waals surface area contributed by atoms with Gasteiger partial charge in [0.05, 0.1) is 5.02 Å². The van der Waals surface area contributed by atoms with Gasteiger partial charge in [0.25, 0.3) is 0 Å². The Morgan fingerprint density at radius 2 is 2.00 bits per heavy atom. The number of phenols is 1. The van der Waals surface area contributed by atoms with E-state index in [0.29, 0.717) is 5.02 Å². The molecular weight excluding hydrogens is 198 g/mol. The second kappa shape index (κ2) is 3.79. The minimum Gasteiger partial charge on any atom is -0.506 e. The molecule has 0 aliphatic rings. The first-order chi connectivity index (χ1) is 6.29. The summed E-state index contributed by atoms with van der Waals surface area (Å²) in [6, 6.07) is 3.45. The number of halogens is 1. The average molecular weight is 214 g/mol. The van der Waals surface area contributed by atoms with E-state index in [1.165, 1.54) is 0 Å². The van der Waals surface area contributed by atoms with Crippen molar-refractivity contribution >= 4 is 11.6 Å². The van der Waals surface area contributed by atoms with Gasteiger partial charge in [0.1, 0.15) is 5.75 Å². The molecule has 1 rings (SSSR count). The number of hydrogen-bond donors (Lipinski definition) is 2. The molecular formula is C11H16ClNO. The maximum absolute atomic E-state index is 9.45. The molecule has 1 aromatic rings. The largest absolute Gasteiger partial charge is 0.506 e. The molecule has 0 aliphatic heterocycles. The van der Waals surface area contributed by atoms with E-state index >= 15 is 0 Å². The van der Waals surface area contributed by atoms with Crippen molar-refractivity contribution in [2.45, 2.75) is 32.7 Å². The van der Waals surface area contributed by atoms with E-state index in [0.717, 1.165) is 17.5 Å². The summed E-state index contributed by atoms with van der Waals surface area (Å²) in [4.78, 5) is 0. The van der Waals surface area contributed by atoms with E-state index in [1.807, 2.05) is 20.8 Å². The first kappa shape index (κ1) is 11.3. The minimum absolute atomic E-state index is 0.122. The molecule has 0 radical (unpaired) electrons. The molecule has 0 atom stereocenters. The van der Waals surface area contributed by atoms with Crippen LogP contribution in [-0.4, -0.2) is 10.6 Å². The van der Waals surface area contributed by atoms with Crippen LogP contribution in [0.3, 0.4) is 0 Å². The van der Waals surface area contributed by atoms with E-state index in [-0.39, 0.29) is 11.3 Å². The molecule has 14 heavy (non-hydrogen) atoms. The average Bonchev–Trinajstić information content (AvgIpc) is 1.97. The van der Waals surface area contributed by atoms with Crippen LogP contribution in [0.15, 0.2) is 12.1 Å². The second-order valence-electron chi connectivity index (χ2n) is 4.40. The molecule has 0 fully saturated rings. The zero-order valence-electron chi connectivity index (χ0n) is 8.76. The molecule has 0 aromatic heterocycles. The van der Waals surface area contributed by atoms with Crippen molar-refractivity contribution in [3.63, 3.8) is 0 Å². The fourth-order valence-electron chi connectivity index (χ4n) is 1.39. The third-order valence-electron chi connectivity index (χ3n) is 2.05. The van der Waals surface area contributed by atoms with Crippen molar-refractivity contribution in [3.8, 4) is 5.75 Å². The molecule has 2 nitrogen and oxygen atoms in total. The third kappa shape index (κ3) is 2.89. The predicted octanol–water partition coefficient (Wildman–Crippen LogP) is 2.63. The number of benzene rings is 1. The fraction of sp³-hybridized carbons (Fsp3) is 0.455. The van der Waals surface area contributed by atoms with Gasteiger partial charge in [-0.25, -0.2) is 0 Å². The van der Waals surface area contributed by atoms with E-state index in [4.69, 9.17) is 17.3 Å². The van der Waals surface area contributed by atoms with E-state index in [9.17, 15) is 5.11 Å². The SMILES string of the molecule is Cc1cc(Cl)c(O)cc1CC(C)(C)N. The molecule has 78 valence electrons. The fourth-order valence-corrected chi connectivity index (χ4v) is 1.60. The number of hydrogen-bond acceptors (Lipinski definition) is 2. The molecule has 0 aliphatic carbocycles. The van der Waals surface area contributed by atoms with Gasteiger partial charge in [0.2, 0.25) is 0 Å². The maximum Gasteiger partial charge on any atom is 0.134 e. The predicted molar refractivity (Wildman–Crippen MR) is 59.8 cm³/mol. The van der Waals surface area contributed by atoms with Crippen LogP contribution in [0.5, 0.6) is 5.75 Å². The van der Waals surface area contributed by atoms with Crippen molar-refractivity contribution in [1.29, 1.82) is 0 Å². The highest BCUT2D eigenvalue weighted by Gasteiger charge is 2.14. The minimum atomic E-state index is -0.273. The molecule has 1 aromatic carbocycles. The van der Waals surface area contributed by atoms with Crippen LogP contribution in [0.2, 0.25) is 5.02 Å². The first-order valence-corrected chi connectivity index (χ1v) is 4.94. The van der Waals surface area contributed by atoms with Gasteiger partial charge in [0, 0.05) is 5.54 Å². The van der Waals surface area contributed by atoms with Crippen molar-refractivity contribution in [1.82, 2.24) is 0 Å². The molecule has 3 heteroatoms. The van der Waals surface area contributed by atoms with Crippen LogP contribution in [0.4, 0.5) is 0 Å². The van der Waals surface area contributed by atoms with E-state index in [1.54, 1.807) is 12.1 Å². The lowest BCUT2D eigenvalue weighted by atomic mass is 9.93. The standard InChI is InChI=1S/C11H16ClNO/c1-7-4-9(12)10(14)5-8(7)6-11(2,3)13/h4-5,14H,6,13H2,1-3H3. The molecule has 0 bridgehead atoms. The van der Waals surface area contributed by atoms with Gasteiger partial charge in [-0.05, 0) is 50.5 Å². The quantitative estimate of drug-likeness (QED) is 0.794. The van der Waals surface area contributed by atoms with Gasteiger partial charge in [-0.2, -0.15) is 0 Å². The molecule has 0 unspecified atom stereocenters. The molecule has 3 N–H and O–H groups in total. The molecule has 0 saturated heterocycles. The van der Waals surface area contributed by atoms with Gasteiger partial charge in [0.15, 0.2) is 0 Å². The summed E-state index contributed by atoms with van der Waals surface area (Å²) in [5.41, 5.74) is 7.74. The molecule has 0 heterocycles. The Labute approximate surface area is 89.7 Å². The van der Waals surface area contributed by atoms with Crippen molar-refractivity contribution in [2.75, 3.05) is 0 Å². The van der Waals surface area contributed by atoms with Gasteiger partial charge in [-0.1, -0.05) is 11.6 Å². The Morgan fingerprint density at radius 3 is 2.50 bits per heavy atom. The number of aryl methyl sites for hydroxylation is 1. The number of nitrogens with two attached hydrogens (primary N) is 1. The summed E-state index contributed by atoms with van der Waals surface area (Å²) in [6.45, 7) is 5.88. The Balaban J connectivity index is 3.04. The Morgan fingerprint density at radius 1 is 1.43 bits per heavy atom. The number of aromatic hydroxyl groups is 1. The summed E-state index contributed by atoms with van der Waals surface area (Å²) in [5.74, 6) is 0.122. The van der Waals surface area contributed by atoms with Crippen molar-refractivity contribution < 1.29 is 5.11 Å². The second-order valence-corrected chi connectivity index (χ2v) is 4.80. The summed E-state index contributed by atoms with van der Waals surface area (Å²) >= 11 is 5.78. The van der Waals surface area contributed by atoms with Crippen LogP contribution >= 0.6 is 11.6 Å². The highest BCUT2D eigenvalue weighted by molar-refractivity contribution is 6.32. The van der Waals surface area contributed by atoms with Crippen LogP contribution in [-0.2, 0) is 6.42 Å². The third-order valence-corrected chi connectivity index (χ3v) is 2.35. The van der Waals surface area contributed by atoms with E-state index in [2.05, 4.69) is 0 Å². The first-order valence-electron chi connectivity index (χ1n) is 4.56. The highest BCUT2D eigenvalue weighted by Crippen LogP contribution is 2.28. The monoisotopic (exact) mass is 213 g/mol. The zero-order valence-corrected chi connectivity index (χ0v) is 9.52. The highest BCUT2D eigenvalue weighted by atomic mass is 35.5. The number of phenolic OH excluding ortho intramolecular Hbond substituents is 1. The smallest absolute Gasteiger partial charge is 0.134 e. The van der Waals surface area contributed by atoms with Gasteiger partial charge >= 0.3 is 0 Å². The lowest BCUT2D eigenvalue weighted by molar-refractivity contribution is 0.471. The van der Waals surface area contributed by atoms with Crippen LogP contribution < -0.4 is 5.73 Å². The Bertz CT molecular complexity index is 342. The Kier molecular flexibility index (Phi) is 3.07. The molecule has 0 saturated carbocycles. The number of rotatable bonds is 2.